The van der Waals surface area contributed by atoms with Crippen LogP contribution >= 0.6 is 0 Å². The second kappa shape index (κ2) is 12.5. The fraction of sp³-hybridized carbons (Fsp3) is 0.500. The van der Waals surface area contributed by atoms with Gasteiger partial charge in [-0.05, 0) is 56.2 Å². The SMILES string of the molecule is CC(=O)N1CCC(CCCNc2ncc3cc(-c4c(F)ccc(NS(=O)(=O)N5CC[C@@H](F)C5)c4F)c(=O)n(C)c3n2)CC1. The van der Waals surface area contributed by atoms with E-state index in [0.717, 1.165) is 59.8 Å². The third-order valence-electron chi connectivity index (χ3n) is 8.11. The minimum absolute atomic E-state index is 0.0209. The molecule has 0 aliphatic carbocycles. The molecule has 3 aromatic rings. The zero-order valence-corrected chi connectivity index (χ0v) is 24.8. The molecule has 5 rings (SSSR count). The number of carbonyl (C=O) groups excluding carboxylic acids is 1. The first kappa shape index (κ1) is 30.7. The van der Waals surface area contributed by atoms with Crippen LogP contribution in [-0.4, -0.2) is 77.0 Å². The lowest BCUT2D eigenvalue weighted by Gasteiger charge is -2.31. The molecule has 4 heterocycles. The van der Waals surface area contributed by atoms with Crippen molar-refractivity contribution in [1.82, 2.24) is 23.7 Å². The molecule has 1 aromatic carbocycles. The molecule has 0 bridgehead atoms. The van der Waals surface area contributed by atoms with Crippen LogP contribution in [0.5, 0.6) is 0 Å². The maximum atomic E-state index is 15.6. The number of alkyl halides is 1. The maximum absolute atomic E-state index is 15.6. The molecule has 11 nitrogen and oxygen atoms in total. The summed E-state index contributed by atoms with van der Waals surface area (Å²) in [7, 11) is -2.89. The number of rotatable bonds is 9. The van der Waals surface area contributed by atoms with Crippen LogP contribution in [0.15, 0.2) is 29.2 Å². The summed E-state index contributed by atoms with van der Waals surface area (Å²) in [5, 5.41) is 3.50. The first-order valence-corrected chi connectivity index (χ1v) is 15.6. The highest BCUT2D eigenvalue weighted by Crippen LogP contribution is 2.31. The van der Waals surface area contributed by atoms with Crippen molar-refractivity contribution in [2.24, 2.45) is 13.0 Å². The standard InChI is InChI=1S/C28H34F3N7O4S/c1-17(39)37-11-7-18(8-12-37)4-3-10-32-28-33-15-19-14-21(27(40)36(2)26(19)34-28)24-22(30)5-6-23(25(24)31)35-43(41,42)38-13-9-20(29)16-38/h5-6,14-15,18,20,35H,3-4,7-13,16H2,1-2H3,(H,32,33,34)/t20-/m1/s1. The number of fused-ring (bicyclic) bond motifs is 1. The lowest BCUT2D eigenvalue weighted by Crippen LogP contribution is -2.37. The number of carbonyl (C=O) groups is 1. The van der Waals surface area contributed by atoms with E-state index >= 15 is 4.39 Å². The summed E-state index contributed by atoms with van der Waals surface area (Å²) in [6.07, 6.45) is 3.95. The van der Waals surface area contributed by atoms with E-state index in [9.17, 15) is 26.8 Å². The fourth-order valence-electron chi connectivity index (χ4n) is 5.63. The fourth-order valence-corrected chi connectivity index (χ4v) is 6.89. The second-order valence-electron chi connectivity index (χ2n) is 11.0. The highest BCUT2D eigenvalue weighted by atomic mass is 32.2. The van der Waals surface area contributed by atoms with Gasteiger partial charge in [0.1, 0.15) is 17.6 Å². The number of likely N-dealkylation sites (tertiary alicyclic amines) is 1. The van der Waals surface area contributed by atoms with Gasteiger partial charge in [0, 0.05) is 58.3 Å². The Morgan fingerprint density at radius 2 is 1.88 bits per heavy atom. The van der Waals surface area contributed by atoms with E-state index < -0.39 is 44.8 Å². The molecule has 2 aromatic heterocycles. The highest BCUT2D eigenvalue weighted by Gasteiger charge is 2.32. The summed E-state index contributed by atoms with van der Waals surface area (Å²) in [6, 6.07) is 3.04. The number of hydrogen-bond acceptors (Lipinski definition) is 7. The molecule has 2 aliphatic rings. The summed E-state index contributed by atoms with van der Waals surface area (Å²) in [5.74, 6) is -1.38. The molecule has 1 amide bonds. The van der Waals surface area contributed by atoms with Crippen molar-refractivity contribution >= 4 is 38.8 Å². The van der Waals surface area contributed by atoms with Crippen LogP contribution in [0.25, 0.3) is 22.2 Å². The van der Waals surface area contributed by atoms with E-state index in [1.807, 2.05) is 9.62 Å². The van der Waals surface area contributed by atoms with Crippen molar-refractivity contribution in [3.8, 4) is 11.1 Å². The van der Waals surface area contributed by atoms with E-state index in [1.165, 1.54) is 19.3 Å². The van der Waals surface area contributed by atoms with Crippen LogP contribution in [0.4, 0.5) is 24.8 Å². The number of benzene rings is 1. The molecule has 0 saturated carbocycles. The normalized spacial score (nSPS) is 18.3. The zero-order chi connectivity index (χ0) is 30.9. The number of nitrogens with zero attached hydrogens (tertiary/aromatic N) is 5. The topological polar surface area (TPSA) is 130 Å². The van der Waals surface area contributed by atoms with Gasteiger partial charge in [-0.3, -0.25) is 18.9 Å². The van der Waals surface area contributed by atoms with Crippen LogP contribution in [0, 0.1) is 17.6 Å². The molecule has 1 atom stereocenters. The average molecular weight is 622 g/mol. The van der Waals surface area contributed by atoms with Gasteiger partial charge in [0.05, 0.1) is 16.8 Å². The Kier molecular flexibility index (Phi) is 8.92. The minimum atomic E-state index is -4.30. The number of hydrogen-bond donors (Lipinski definition) is 2. The Hall–Kier alpha value is -3.72. The van der Waals surface area contributed by atoms with Crippen molar-refractivity contribution in [3.05, 3.63) is 46.4 Å². The quantitative estimate of drug-likeness (QED) is 0.351. The summed E-state index contributed by atoms with van der Waals surface area (Å²) in [6.45, 7) is 3.32. The molecule has 0 unspecified atom stereocenters. The number of halogens is 3. The van der Waals surface area contributed by atoms with E-state index in [0.29, 0.717) is 23.8 Å². The average Bonchev–Trinajstić information content (AvgIpc) is 3.43. The lowest BCUT2D eigenvalue weighted by molar-refractivity contribution is -0.130. The third kappa shape index (κ3) is 6.61. The molecule has 0 radical (unpaired) electrons. The molecule has 0 spiro atoms. The summed E-state index contributed by atoms with van der Waals surface area (Å²) < 4.78 is 73.5. The smallest absolute Gasteiger partial charge is 0.301 e. The van der Waals surface area contributed by atoms with Crippen LogP contribution in [0.1, 0.15) is 39.0 Å². The molecule has 2 aliphatic heterocycles. The third-order valence-corrected chi connectivity index (χ3v) is 9.60. The van der Waals surface area contributed by atoms with Crippen molar-refractivity contribution in [1.29, 1.82) is 0 Å². The zero-order valence-electron chi connectivity index (χ0n) is 23.9. The molecule has 2 saturated heterocycles. The van der Waals surface area contributed by atoms with Crippen molar-refractivity contribution in [2.45, 2.75) is 45.2 Å². The van der Waals surface area contributed by atoms with Gasteiger partial charge in [-0.1, -0.05) is 0 Å². The van der Waals surface area contributed by atoms with Crippen molar-refractivity contribution in [2.75, 3.05) is 42.8 Å². The first-order chi connectivity index (χ1) is 20.4. The number of piperidine rings is 1. The first-order valence-electron chi connectivity index (χ1n) is 14.2. The van der Waals surface area contributed by atoms with Crippen LogP contribution in [0.3, 0.4) is 0 Å². The maximum Gasteiger partial charge on any atom is 0.301 e. The second-order valence-corrected chi connectivity index (χ2v) is 12.7. The largest absolute Gasteiger partial charge is 0.354 e. The molecule has 15 heteroatoms. The predicted octanol–water partition coefficient (Wildman–Crippen LogP) is 3.42. The van der Waals surface area contributed by atoms with Gasteiger partial charge < -0.3 is 10.2 Å². The molecule has 232 valence electrons. The van der Waals surface area contributed by atoms with E-state index in [2.05, 4.69) is 15.3 Å². The van der Waals surface area contributed by atoms with E-state index in [1.54, 1.807) is 6.92 Å². The van der Waals surface area contributed by atoms with Crippen LogP contribution < -0.4 is 15.6 Å². The van der Waals surface area contributed by atoms with Gasteiger partial charge in [-0.2, -0.15) is 17.7 Å². The Balaban J connectivity index is 1.31. The van der Waals surface area contributed by atoms with Gasteiger partial charge in [0.2, 0.25) is 11.9 Å². The summed E-state index contributed by atoms with van der Waals surface area (Å²) in [4.78, 5) is 35.4. The molecule has 2 fully saturated rings. The van der Waals surface area contributed by atoms with Gasteiger partial charge in [0.25, 0.3) is 5.56 Å². The monoisotopic (exact) mass is 621 g/mol. The number of aromatic nitrogens is 3. The van der Waals surface area contributed by atoms with Gasteiger partial charge in [-0.25, -0.2) is 18.2 Å². The van der Waals surface area contributed by atoms with Crippen molar-refractivity contribution < 1.29 is 26.4 Å². The van der Waals surface area contributed by atoms with E-state index in [4.69, 9.17) is 0 Å². The summed E-state index contributed by atoms with van der Waals surface area (Å²) >= 11 is 0. The molecular weight excluding hydrogens is 587 g/mol. The van der Waals surface area contributed by atoms with E-state index in [-0.39, 0.29) is 36.6 Å². The number of amides is 1. The predicted molar refractivity (Wildman–Crippen MR) is 156 cm³/mol. The molecule has 43 heavy (non-hydrogen) atoms. The Morgan fingerprint density at radius 1 is 1.14 bits per heavy atom. The minimum Gasteiger partial charge on any atom is -0.354 e. The van der Waals surface area contributed by atoms with Crippen LogP contribution in [-0.2, 0) is 22.1 Å². The number of pyridine rings is 1. The Labute approximate surface area is 247 Å². The number of nitrogens with one attached hydrogen (secondary N) is 2. The van der Waals surface area contributed by atoms with Gasteiger partial charge in [-0.15, -0.1) is 0 Å². The van der Waals surface area contributed by atoms with Gasteiger partial charge in [0.15, 0.2) is 5.82 Å². The summed E-state index contributed by atoms with van der Waals surface area (Å²) in [5.41, 5.74) is -2.11. The lowest BCUT2D eigenvalue weighted by atomic mass is 9.92. The highest BCUT2D eigenvalue weighted by molar-refractivity contribution is 7.90. The van der Waals surface area contributed by atoms with Gasteiger partial charge >= 0.3 is 10.2 Å². The number of anilines is 2. The van der Waals surface area contributed by atoms with Crippen LogP contribution in [0.2, 0.25) is 0 Å². The number of aryl methyl sites for hydroxylation is 1. The molecular formula is C28H34F3N7O4S. The molecule has 2 N–H and O–H groups in total. The van der Waals surface area contributed by atoms with Crippen molar-refractivity contribution in [3.63, 3.8) is 0 Å². The Morgan fingerprint density at radius 3 is 2.56 bits per heavy atom. The Bertz CT molecular complexity index is 1690.